The van der Waals surface area contributed by atoms with Crippen LogP contribution in [-0.2, 0) is 16.4 Å². The second-order valence-electron chi connectivity index (χ2n) is 4.99. The van der Waals surface area contributed by atoms with Gasteiger partial charge in [0.15, 0.2) is 0 Å². The highest BCUT2D eigenvalue weighted by Gasteiger charge is 2.21. The van der Waals surface area contributed by atoms with E-state index in [4.69, 9.17) is 16.3 Å². The van der Waals surface area contributed by atoms with E-state index < -0.39 is 16.1 Å². The number of aliphatic hydroxyl groups excluding tert-OH is 1. The number of aliphatic hydroxyl groups is 1. The molecule has 0 aliphatic carbocycles. The Balaban J connectivity index is 2.17. The highest BCUT2D eigenvalue weighted by atomic mass is 35.5. The molecule has 0 radical (unpaired) electrons. The Morgan fingerprint density at radius 3 is 2.48 bits per heavy atom. The van der Waals surface area contributed by atoms with Gasteiger partial charge >= 0.3 is 0 Å². The predicted molar refractivity (Wildman–Crippen MR) is 89.3 cm³/mol. The zero-order valence-electron chi connectivity index (χ0n) is 12.6. The average Bonchev–Trinajstić information content (AvgIpc) is 2.55. The highest BCUT2D eigenvalue weighted by molar-refractivity contribution is 7.89. The van der Waals surface area contributed by atoms with E-state index in [0.717, 1.165) is 5.56 Å². The van der Waals surface area contributed by atoms with Gasteiger partial charge in [-0.1, -0.05) is 41.9 Å². The molecule has 23 heavy (non-hydrogen) atoms. The van der Waals surface area contributed by atoms with E-state index >= 15 is 0 Å². The lowest BCUT2D eigenvalue weighted by molar-refractivity contribution is 0.256. The normalized spacial score (nSPS) is 12.8. The van der Waals surface area contributed by atoms with Crippen LogP contribution in [0.2, 0.25) is 5.02 Å². The summed E-state index contributed by atoms with van der Waals surface area (Å²) in [5, 5.41) is 9.67. The van der Waals surface area contributed by atoms with Crippen molar-refractivity contribution in [1.82, 2.24) is 4.72 Å². The van der Waals surface area contributed by atoms with Gasteiger partial charge in [0.25, 0.3) is 0 Å². The van der Waals surface area contributed by atoms with Crippen molar-refractivity contribution >= 4 is 21.6 Å². The van der Waals surface area contributed by atoms with Gasteiger partial charge in [-0.3, -0.25) is 0 Å². The van der Waals surface area contributed by atoms with Crippen molar-refractivity contribution in [3.8, 4) is 5.75 Å². The van der Waals surface area contributed by atoms with Crippen molar-refractivity contribution in [3.63, 3.8) is 0 Å². The molecule has 0 saturated carbocycles. The number of halogens is 1. The second kappa shape index (κ2) is 7.79. The van der Waals surface area contributed by atoms with Crippen LogP contribution in [0.3, 0.4) is 0 Å². The number of benzene rings is 2. The van der Waals surface area contributed by atoms with Gasteiger partial charge in [-0.05, 0) is 30.2 Å². The quantitative estimate of drug-likeness (QED) is 0.798. The van der Waals surface area contributed by atoms with E-state index in [-0.39, 0.29) is 16.5 Å². The zero-order chi connectivity index (χ0) is 16.9. The molecule has 2 N–H and O–H groups in total. The molecule has 2 rings (SSSR count). The minimum absolute atomic E-state index is 0.0230. The summed E-state index contributed by atoms with van der Waals surface area (Å²) in [5.41, 5.74) is 0.932. The van der Waals surface area contributed by atoms with Gasteiger partial charge in [-0.15, -0.1) is 0 Å². The molecule has 7 heteroatoms. The maximum absolute atomic E-state index is 12.4. The van der Waals surface area contributed by atoms with Gasteiger partial charge in [0.1, 0.15) is 5.75 Å². The molecule has 2 aromatic rings. The average molecular weight is 356 g/mol. The van der Waals surface area contributed by atoms with Crippen LogP contribution in [0.25, 0.3) is 0 Å². The van der Waals surface area contributed by atoms with Crippen LogP contribution in [-0.4, -0.2) is 33.3 Å². The lowest BCUT2D eigenvalue weighted by Gasteiger charge is -2.17. The monoisotopic (exact) mass is 355 g/mol. The smallest absolute Gasteiger partial charge is 0.240 e. The summed E-state index contributed by atoms with van der Waals surface area (Å²) < 4.78 is 32.3. The fraction of sp³-hybridized carbons (Fsp3) is 0.250. The third kappa shape index (κ3) is 4.68. The Bertz CT molecular complexity index is 750. The van der Waals surface area contributed by atoms with Crippen LogP contribution in [0.4, 0.5) is 0 Å². The Kier molecular flexibility index (Phi) is 6.01. The van der Waals surface area contributed by atoms with Gasteiger partial charge in [0, 0.05) is 6.04 Å². The van der Waals surface area contributed by atoms with Gasteiger partial charge < -0.3 is 9.84 Å². The first kappa shape index (κ1) is 17.7. The molecule has 0 saturated heterocycles. The maximum Gasteiger partial charge on any atom is 0.240 e. The van der Waals surface area contributed by atoms with E-state index in [9.17, 15) is 13.5 Å². The maximum atomic E-state index is 12.4. The van der Waals surface area contributed by atoms with Crippen molar-refractivity contribution in [2.24, 2.45) is 0 Å². The van der Waals surface area contributed by atoms with E-state index in [1.165, 1.54) is 25.3 Å². The Labute approximate surface area is 140 Å². The van der Waals surface area contributed by atoms with Crippen molar-refractivity contribution in [2.45, 2.75) is 17.4 Å². The first-order chi connectivity index (χ1) is 11.0. The highest BCUT2D eigenvalue weighted by Crippen LogP contribution is 2.27. The molecule has 2 aromatic carbocycles. The van der Waals surface area contributed by atoms with E-state index in [1.54, 1.807) is 0 Å². The molecule has 0 heterocycles. The van der Waals surface area contributed by atoms with Crippen LogP contribution < -0.4 is 9.46 Å². The SMILES string of the molecule is COc1ccc(S(=O)(=O)N[C@H](CO)Cc2ccccc2)cc1Cl. The Morgan fingerprint density at radius 1 is 1.22 bits per heavy atom. The van der Waals surface area contributed by atoms with Gasteiger partial charge in [0.05, 0.1) is 23.6 Å². The Hall–Kier alpha value is -1.60. The zero-order valence-corrected chi connectivity index (χ0v) is 14.1. The molecule has 1 atom stereocenters. The molecule has 0 amide bonds. The standard InChI is InChI=1S/C16H18ClNO4S/c1-22-16-8-7-14(10-15(16)17)23(20,21)18-13(11-19)9-12-5-3-2-4-6-12/h2-8,10,13,18-19H,9,11H2,1H3/t13-/m0/s1. The van der Waals surface area contributed by atoms with E-state index in [0.29, 0.717) is 12.2 Å². The van der Waals surface area contributed by atoms with E-state index in [1.807, 2.05) is 30.3 Å². The number of ether oxygens (including phenoxy) is 1. The summed E-state index contributed by atoms with van der Waals surface area (Å²) in [7, 11) is -2.34. The summed E-state index contributed by atoms with van der Waals surface area (Å²) in [4.78, 5) is 0.0230. The summed E-state index contributed by atoms with van der Waals surface area (Å²) in [6.45, 7) is -0.308. The largest absolute Gasteiger partial charge is 0.495 e. The third-order valence-corrected chi connectivity index (χ3v) is 5.11. The molecule has 124 valence electrons. The van der Waals surface area contributed by atoms with Crippen LogP contribution in [0.5, 0.6) is 5.75 Å². The van der Waals surface area contributed by atoms with Crippen molar-refractivity contribution < 1.29 is 18.3 Å². The third-order valence-electron chi connectivity index (χ3n) is 3.30. The minimum Gasteiger partial charge on any atom is -0.495 e. The fourth-order valence-corrected chi connectivity index (χ4v) is 3.72. The van der Waals surface area contributed by atoms with Crippen LogP contribution in [0.15, 0.2) is 53.4 Å². The second-order valence-corrected chi connectivity index (χ2v) is 7.11. The molecule has 0 spiro atoms. The topological polar surface area (TPSA) is 75.6 Å². The number of rotatable bonds is 7. The van der Waals surface area contributed by atoms with Crippen molar-refractivity contribution in [2.75, 3.05) is 13.7 Å². The van der Waals surface area contributed by atoms with E-state index in [2.05, 4.69) is 4.72 Å². The van der Waals surface area contributed by atoms with Crippen molar-refractivity contribution in [3.05, 3.63) is 59.1 Å². The molecular weight excluding hydrogens is 338 g/mol. The first-order valence-electron chi connectivity index (χ1n) is 6.97. The van der Waals surface area contributed by atoms with Crippen LogP contribution in [0.1, 0.15) is 5.56 Å². The summed E-state index contributed by atoms with van der Waals surface area (Å²) in [5.74, 6) is 0.397. The fourth-order valence-electron chi connectivity index (χ4n) is 2.14. The molecular formula is C16H18ClNO4S. The molecule has 0 bridgehead atoms. The minimum atomic E-state index is -3.79. The lowest BCUT2D eigenvalue weighted by atomic mass is 10.1. The van der Waals surface area contributed by atoms with Gasteiger partial charge in [-0.25, -0.2) is 13.1 Å². The summed E-state index contributed by atoms with van der Waals surface area (Å²) in [6.07, 6.45) is 0.389. The molecule has 0 aliphatic rings. The van der Waals surface area contributed by atoms with Crippen molar-refractivity contribution in [1.29, 1.82) is 0 Å². The van der Waals surface area contributed by atoms with Crippen LogP contribution >= 0.6 is 11.6 Å². The summed E-state index contributed by atoms with van der Waals surface area (Å²) in [6, 6.07) is 12.9. The first-order valence-corrected chi connectivity index (χ1v) is 8.83. The molecule has 0 aliphatic heterocycles. The number of hydrogen-bond donors (Lipinski definition) is 2. The van der Waals surface area contributed by atoms with Gasteiger partial charge in [0.2, 0.25) is 10.0 Å². The van der Waals surface area contributed by atoms with Gasteiger partial charge in [-0.2, -0.15) is 0 Å². The molecule has 0 aromatic heterocycles. The molecule has 0 fully saturated rings. The number of sulfonamides is 1. The lowest BCUT2D eigenvalue weighted by Crippen LogP contribution is -2.39. The van der Waals surface area contributed by atoms with Crippen LogP contribution in [0, 0.1) is 0 Å². The molecule has 0 unspecified atom stereocenters. The molecule has 5 nitrogen and oxygen atoms in total. The number of hydrogen-bond acceptors (Lipinski definition) is 4. The number of nitrogens with one attached hydrogen (secondary N) is 1. The predicted octanol–water partition coefficient (Wildman–Crippen LogP) is 2.23. The Morgan fingerprint density at radius 2 is 1.91 bits per heavy atom. The number of methoxy groups -OCH3 is 1. The summed E-state index contributed by atoms with van der Waals surface area (Å²) >= 11 is 5.97.